The van der Waals surface area contributed by atoms with Gasteiger partial charge in [-0.3, -0.25) is 4.79 Å². The van der Waals surface area contributed by atoms with Crippen molar-refractivity contribution in [3.05, 3.63) is 29.3 Å². The lowest BCUT2D eigenvalue weighted by atomic mass is 10.1. The maximum atomic E-state index is 12.9. The summed E-state index contributed by atoms with van der Waals surface area (Å²) in [4.78, 5) is 21.8. The largest absolute Gasteiger partial charge is 0.503 e. The summed E-state index contributed by atoms with van der Waals surface area (Å²) in [5.41, 5.74) is -0.0526. The molecule has 16 heavy (non-hydrogen) atoms. The van der Waals surface area contributed by atoms with Crippen LogP contribution < -0.4 is 0 Å². The van der Waals surface area contributed by atoms with Crippen molar-refractivity contribution in [2.75, 3.05) is 7.11 Å². The number of carbonyl (C=O) groups excluding carboxylic acids is 2. The molecule has 0 radical (unpaired) electrons. The fraction of sp³-hybridized carbons (Fsp3) is 0.200. The van der Waals surface area contributed by atoms with E-state index < -0.39 is 35.6 Å². The van der Waals surface area contributed by atoms with E-state index in [1.54, 1.807) is 0 Å². The summed E-state index contributed by atoms with van der Waals surface area (Å²) in [6, 6.07) is 1.55. The summed E-state index contributed by atoms with van der Waals surface area (Å²) in [5, 5.41) is 8.79. The summed E-state index contributed by atoms with van der Waals surface area (Å²) in [7, 11) is 1.03. The molecular formula is C10H8F2O4. The minimum Gasteiger partial charge on any atom is -0.503 e. The molecule has 0 aliphatic carbocycles. The van der Waals surface area contributed by atoms with Crippen molar-refractivity contribution in [2.24, 2.45) is 0 Å². The van der Waals surface area contributed by atoms with E-state index in [0.29, 0.717) is 0 Å². The Hall–Kier alpha value is -1.98. The van der Waals surface area contributed by atoms with Crippen molar-refractivity contribution in [3.8, 4) is 5.75 Å². The molecule has 0 aliphatic heterocycles. The van der Waals surface area contributed by atoms with Crippen molar-refractivity contribution in [2.45, 2.75) is 6.42 Å². The molecule has 4 nitrogen and oxygen atoms in total. The number of carbonyl (C=O) groups is 2. The summed E-state index contributed by atoms with van der Waals surface area (Å²) < 4.78 is 29.9. The Balaban J connectivity index is 2.91. The second kappa shape index (κ2) is 4.69. The lowest BCUT2D eigenvalue weighted by Gasteiger charge is -2.02. The van der Waals surface area contributed by atoms with E-state index in [9.17, 15) is 18.4 Å². The van der Waals surface area contributed by atoms with Crippen LogP contribution in [0.25, 0.3) is 0 Å². The Kier molecular flexibility index (Phi) is 3.55. The number of ether oxygens (including phenoxy) is 1. The molecule has 0 saturated carbocycles. The highest BCUT2D eigenvalue weighted by Crippen LogP contribution is 2.21. The normalized spacial score (nSPS) is 9.94. The molecule has 0 spiro atoms. The Morgan fingerprint density at radius 1 is 1.31 bits per heavy atom. The van der Waals surface area contributed by atoms with Crippen LogP contribution in [0.2, 0.25) is 0 Å². The fourth-order valence-corrected chi connectivity index (χ4v) is 1.09. The maximum Gasteiger partial charge on any atom is 0.374 e. The molecule has 0 aromatic heterocycles. The molecule has 0 unspecified atom stereocenters. The summed E-state index contributed by atoms with van der Waals surface area (Å²) >= 11 is 0. The minimum atomic E-state index is -1.19. The standard InChI is InChI=1S/C10H8F2O4/c1-16-10(15)8(13)4-5-2-6(11)9(14)7(12)3-5/h2-3,14H,4H2,1H3. The topological polar surface area (TPSA) is 63.6 Å². The zero-order valence-electron chi connectivity index (χ0n) is 8.29. The molecule has 1 N–H and O–H groups in total. The number of halogens is 2. The molecule has 0 heterocycles. The molecule has 0 fully saturated rings. The molecule has 0 amide bonds. The molecule has 0 bridgehead atoms. The second-order valence-corrected chi connectivity index (χ2v) is 3.00. The van der Waals surface area contributed by atoms with E-state index >= 15 is 0 Å². The number of methoxy groups -OCH3 is 1. The van der Waals surface area contributed by atoms with Gasteiger partial charge in [-0.05, 0) is 17.7 Å². The van der Waals surface area contributed by atoms with Gasteiger partial charge >= 0.3 is 5.97 Å². The Labute approximate surface area is 89.5 Å². The number of ketones is 1. The quantitative estimate of drug-likeness (QED) is 0.620. The zero-order chi connectivity index (χ0) is 12.3. The van der Waals surface area contributed by atoms with Crippen LogP contribution in [0.1, 0.15) is 5.56 Å². The molecule has 0 atom stereocenters. The third kappa shape index (κ3) is 2.53. The third-order valence-electron chi connectivity index (χ3n) is 1.85. The molecule has 1 aromatic rings. The number of Topliss-reactive ketones (excluding diaryl/α,β-unsaturated/α-hetero) is 1. The number of aromatic hydroxyl groups is 1. The van der Waals surface area contributed by atoms with Crippen LogP contribution in [0, 0.1) is 11.6 Å². The molecular weight excluding hydrogens is 222 g/mol. The molecule has 86 valence electrons. The van der Waals surface area contributed by atoms with Crippen LogP contribution in [-0.2, 0) is 20.7 Å². The molecule has 1 aromatic carbocycles. The third-order valence-corrected chi connectivity index (χ3v) is 1.85. The molecule has 6 heteroatoms. The van der Waals surface area contributed by atoms with Crippen LogP contribution in [0.4, 0.5) is 8.78 Å². The average molecular weight is 230 g/mol. The smallest absolute Gasteiger partial charge is 0.374 e. The number of hydrogen-bond donors (Lipinski definition) is 1. The van der Waals surface area contributed by atoms with Crippen molar-refractivity contribution < 1.29 is 28.2 Å². The second-order valence-electron chi connectivity index (χ2n) is 3.00. The van der Waals surface area contributed by atoms with Crippen molar-refractivity contribution in [1.82, 2.24) is 0 Å². The van der Waals surface area contributed by atoms with Gasteiger partial charge in [-0.2, -0.15) is 0 Å². The van der Waals surface area contributed by atoms with Crippen LogP contribution in [0.15, 0.2) is 12.1 Å². The molecule has 1 rings (SSSR count). The summed E-state index contributed by atoms with van der Waals surface area (Å²) in [6.45, 7) is 0. The first kappa shape index (κ1) is 12.1. The highest BCUT2D eigenvalue weighted by atomic mass is 19.1. The van der Waals surface area contributed by atoms with Gasteiger partial charge in [0.1, 0.15) is 0 Å². The maximum absolute atomic E-state index is 12.9. The van der Waals surface area contributed by atoms with Gasteiger partial charge in [0, 0.05) is 6.42 Å². The van der Waals surface area contributed by atoms with E-state index in [1.165, 1.54) is 0 Å². The highest BCUT2D eigenvalue weighted by Gasteiger charge is 2.17. The van der Waals surface area contributed by atoms with Crippen LogP contribution in [0.5, 0.6) is 5.75 Å². The Morgan fingerprint density at radius 3 is 2.25 bits per heavy atom. The van der Waals surface area contributed by atoms with Gasteiger partial charge in [-0.25, -0.2) is 13.6 Å². The molecule has 0 aliphatic rings. The van der Waals surface area contributed by atoms with Gasteiger partial charge in [0.15, 0.2) is 17.4 Å². The lowest BCUT2D eigenvalue weighted by Crippen LogP contribution is -2.17. The van der Waals surface area contributed by atoms with Gasteiger partial charge in [0.2, 0.25) is 5.78 Å². The average Bonchev–Trinajstić information content (AvgIpc) is 2.24. The van der Waals surface area contributed by atoms with Gasteiger partial charge in [-0.15, -0.1) is 0 Å². The van der Waals surface area contributed by atoms with Crippen LogP contribution in [-0.4, -0.2) is 24.0 Å². The van der Waals surface area contributed by atoms with Gasteiger partial charge < -0.3 is 9.84 Å². The van der Waals surface area contributed by atoms with Crippen LogP contribution in [0.3, 0.4) is 0 Å². The van der Waals surface area contributed by atoms with Crippen molar-refractivity contribution >= 4 is 11.8 Å². The first-order valence-corrected chi connectivity index (χ1v) is 4.23. The summed E-state index contributed by atoms with van der Waals surface area (Å²) in [6.07, 6.45) is -0.485. The number of esters is 1. The predicted octanol–water partition coefficient (Wildman–Crippen LogP) is 0.955. The first-order valence-electron chi connectivity index (χ1n) is 4.23. The predicted molar refractivity (Wildman–Crippen MR) is 48.7 cm³/mol. The van der Waals surface area contributed by atoms with Gasteiger partial charge in [0.05, 0.1) is 7.11 Å². The monoisotopic (exact) mass is 230 g/mol. The Morgan fingerprint density at radius 2 is 1.81 bits per heavy atom. The molecule has 0 saturated heterocycles. The number of phenolic OH excluding ortho intramolecular Hbond substituents is 1. The summed E-state index contributed by atoms with van der Waals surface area (Å²) in [5.74, 6) is -5.50. The lowest BCUT2D eigenvalue weighted by molar-refractivity contribution is -0.151. The van der Waals surface area contributed by atoms with E-state index in [0.717, 1.165) is 19.2 Å². The van der Waals surface area contributed by atoms with Gasteiger partial charge in [-0.1, -0.05) is 0 Å². The highest BCUT2D eigenvalue weighted by molar-refractivity contribution is 6.34. The van der Waals surface area contributed by atoms with E-state index in [2.05, 4.69) is 4.74 Å². The number of rotatable bonds is 3. The van der Waals surface area contributed by atoms with E-state index in [-0.39, 0.29) is 5.56 Å². The number of phenols is 1. The zero-order valence-corrected chi connectivity index (χ0v) is 8.29. The number of benzene rings is 1. The van der Waals surface area contributed by atoms with E-state index in [1.807, 2.05) is 0 Å². The minimum absolute atomic E-state index is 0.0526. The Bertz CT molecular complexity index is 419. The number of hydrogen-bond acceptors (Lipinski definition) is 4. The SMILES string of the molecule is COC(=O)C(=O)Cc1cc(F)c(O)c(F)c1. The van der Waals surface area contributed by atoms with E-state index in [4.69, 9.17) is 5.11 Å². The van der Waals surface area contributed by atoms with Crippen molar-refractivity contribution in [1.29, 1.82) is 0 Å². The first-order chi connectivity index (χ1) is 7.45. The van der Waals surface area contributed by atoms with Crippen LogP contribution >= 0.6 is 0 Å². The van der Waals surface area contributed by atoms with Crippen molar-refractivity contribution in [3.63, 3.8) is 0 Å². The van der Waals surface area contributed by atoms with Gasteiger partial charge in [0.25, 0.3) is 0 Å². The fourth-order valence-electron chi connectivity index (χ4n) is 1.09.